The van der Waals surface area contributed by atoms with Crippen LogP contribution in [0.2, 0.25) is 0 Å². The molecule has 2 aromatic rings. The first-order chi connectivity index (χ1) is 7.33. The summed E-state index contributed by atoms with van der Waals surface area (Å²) in [6, 6.07) is 13.8. The summed E-state index contributed by atoms with van der Waals surface area (Å²) in [6.45, 7) is 3.61. The molecule has 0 saturated carbocycles. The average Bonchev–Trinajstić information content (AvgIpc) is 2.28. The second-order valence-electron chi connectivity index (χ2n) is 3.58. The van der Waals surface area contributed by atoms with Gasteiger partial charge in [0.05, 0.1) is 0 Å². The van der Waals surface area contributed by atoms with E-state index in [1.54, 1.807) is 6.08 Å². The molecular formula is C14H13O. The predicted molar refractivity (Wildman–Crippen MR) is 62.2 cm³/mol. The molecule has 0 fully saturated rings. The summed E-state index contributed by atoms with van der Waals surface area (Å²) < 4.78 is 0. The van der Waals surface area contributed by atoms with Gasteiger partial charge in [-0.2, -0.15) is 0 Å². The van der Waals surface area contributed by atoms with Crippen molar-refractivity contribution in [3.8, 4) is 0 Å². The van der Waals surface area contributed by atoms with Crippen LogP contribution >= 0.6 is 0 Å². The Morgan fingerprint density at radius 1 is 1.13 bits per heavy atom. The molecule has 75 valence electrons. The van der Waals surface area contributed by atoms with E-state index in [0.29, 0.717) is 6.42 Å². The summed E-state index contributed by atoms with van der Waals surface area (Å²) in [7, 11) is 0. The van der Waals surface area contributed by atoms with Crippen LogP contribution in [0.3, 0.4) is 0 Å². The van der Waals surface area contributed by atoms with Gasteiger partial charge in [-0.05, 0) is 22.8 Å². The van der Waals surface area contributed by atoms with Gasteiger partial charge in [-0.25, -0.2) is 5.11 Å². The Balaban J connectivity index is 2.55. The monoisotopic (exact) mass is 197 g/mol. The molecule has 1 radical (unpaired) electrons. The smallest absolute Gasteiger partial charge is 0.122 e. The van der Waals surface area contributed by atoms with Crippen LogP contribution in [0.15, 0.2) is 55.1 Å². The Labute approximate surface area is 89.7 Å². The molecule has 0 heterocycles. The van der Waals surface area contributed by atoms with Gasteiger partial charge < -0.3 is 0 Å². The van der Waals surface area contributed by atoms with Gasteiger partial charge in [0, 0.05) is 0 Å². The maximum atomic E-state index is 11.9. The lowest BCUT2D eigenvalue weighted by molar-refractivity contribution is 0.0932. The molecule has 0 N–H and O–H groups in total. The highest BCUT2D eigenvalue weighted by Crippen LogP contribution is 2.26. The third-order valence-electron chi connectivity index (χ3n) is 2.55. The van der Waals surface area contributed by atoms with Crippen molar-refractivity contribution in [3.63, 3.8) is 0 Å². The third-order valence-corrected chi connectivity index (χ3v) is 2.55. The highest BCUT2D eigenvalue weighted by atomic mass is 16.3. The van der Waals surface area contributed by atoms with E-state index < -0.39 is 6.10 Å². The zero-order chi connectivity index (χ0) is 10.7. The van der Waals surface area contributed by atoms with Gasteiger partial charge in [0.15, 0.2) is 0 Å². The molecule has 1 nitrogen and oxygen atoms in total. The number of rotatable bonds is 3. The first-order valence-electron chi connectivity index (χ1n) is 5.07. The van der Waals surface area contributed by atoms with Crippen molar-refractivity contribution >= 4 is 10.8 Å². The highest BCUT2D eigenvalue weighted by molar-refractivity contribution is 5.85. The Morgan fingerprint density at radius 3 is 2.67 bits per heavy atom. The number of benzene rings is 2. The minimum Gasteiger partial charge on any atom is -0.228 e. The van der Waals surface area contributed by atoms with Crippen LogP contribution in [0.4, 0.5) is 0 Å². The van der Waals surface area contributed by atoms with E-state index in [1.807, 2.05) is 42.5 Å². The van der Waals surface area contributed by atoms with Gasteiger partial charge in [0.2, 0.25) is 0 Å². The molecule has 1 heteroatoms. The summed E-state index contributed by atoms with van der Waals surface area (Å²) >= 11 is 0. The molecule has 1 atom stereocenters. The van der Waals surface area contributed by atoms with E-state index in [0.717, 1.165) is 16.3 Å². The molecule has 0 aromatic heterocycles. The van der Waals surface area contributed by atoms with Crippen LogP contribution < -0.4 is 0 Å². The summed E-state index contributed by atoms with van der Waals surface area (Å²) in [4.78, 5) is 0. The molecule has 0 aliphatic rings. The lowest BCUT2D eigenvalue weighted by Gasteiger charge is -2.09. The maximum Gasteiger partial charge on any atom is 0.122 e. The lowest BCUT2D eigenvalue weighted by atomic mass is 9.99. The van der Waals surface area contributed by atoms with Gasteiger partial charge in [0.25, 0.3) is 0 Å². The summed E-state index contributed by atoms with van der Waals surface area (Å²) in [5.41, 5.74) is 0.869. The van der Waals surface area contributed by atoms with Crippen LogP contribution in [-0.4, -0.2) is 0 Å². The molecule has 1 unspecified atom stereocenters. The van der Waals surface area contributed by atoms with Crippen LogP contribution in [0.1, 0.15) is 18.1 Å². The van der Waals surface area contributed by atoms with E-state index in [9.17, 15) is 5.11 Å². The predicted octanol–water partition coefficient (Wildman–Crippen LogP) is 3.89. The summed E-state index contributed by atoms with van der Waals surface area (Å²) in [6.07, 6.45) is 1.46. The normalized spacial score (nSPS) is 12.6. The SMILES string of the molecule is C=CCC([O])c1cccc2ccccc12. The number of fused-ring (bicyclic) bond motifs is 1. The van der Waals surface area contributed by atoms with Crippen molar-refractivity contribution in [3.05, 3.63) is 60.7 Å². The van der Waals surface area contributed by atoms with E-state index in [-0.39, 0.29) is 0 Å². The highest BCUT2D eigenvalue weighted by Gasteiger charge is 2.10. The van der Waals surface area contributed by atoms with Crippen molar-refractivity contribution in [1.29, 1.82) is 0 Å². The molecule has 0 amide bonds. The lowest BCUT2D eigenvalue weighted by Crippen LogP contribution is -1.94. The largest absolute Gasteiger partial charge is 0.228 e. The molecule has 0 spiro atoms. The van der Waals surface area contributed by atoms with Crippen LogP contribution in [0, 0.1) is 0 Å². The Hall–Kier alpha value is -1.60. The minimum atomic E-state index is -0.700. The van der Waals surface area contributed by atoms with Crippen LogP contribution in [-0.2, 0) is 5.11 Å². The number of hydrogen-bond acceptors (Lipinski definition) is 0. The van der Waals surface area contributed by atoms with Crippen molar-refractivity contribution < 1.29 is 5.11 Å². The van der Waals surface area contributed by atoms with Gasteiger partial charge in [-0.1, -0.05) is 48.5 Å². The van der Waals surface area contributed by atoms with Crippen LogP contribution in [0.25, 0.3) is 10.8 Å². The minimum absolute atomic E-state index is 0.480. The van der Waals surface area contributed by atoms with Crippen molar-refractivity contribution in [2.75, 3.05) is 0 Å². The van der Waals surface area contributed by atoms with Crippen molar-refractivity contribution in [2.24, 2.45) is 0 Å². The molecule has 2 rings (SSSR count). The van der Waals surface area contributed by atoms with Gasteiger partial charge >= 0.3 is 0 Å². The van der Waals surface area contributed by atoms with E-state index in [2.05, 4.69) is 6.58 Å². The zero-order valence-electron chi connectivity index (χ0n) is 8.52. The first-order valence-corrected chi connectivity index (χ1v) is 5.07. The molecule has 2 aromatic carbocycles. The molecule has 0 bridgehead atoms. The maximum absolute atomic E-state index is 11.9. The van der Waals surface area contributed by atoms with Gasteiger partial charge in [0.1, 0.15) is 6.10 Å². The Kier molecular flexibility index (Phi) is 2.84. The van der Waals surface area contributed by atoms with Crippen molar-refractivity contribution in [2.45, 2.75) is 12.5 Å². The second kappa shape index (κ2) is 4.28. The fourth-order valence-electron chi connectivity index (χ4n) is 1.81. The fraction of sp³-hybridized carbons (Fsp3) is 0.143. The Bertz CT molecular complexity index is 468. The molecule has 15 heavy (non-hydrogen) atoms. The van der Waals surface area contributed by atoms with Gasteiger partial charge in [-0.3, -0.25) is 0 Å². The second-order valence-corrected chi connectivity index (χ2v) is 3.58. The standard InChI is InChI=1S/C14H13O/c1-2-6-14(15)13-10-5-8-11-7-3-4-9-12(11)13/h2-5,7-10,14H,1,6H2. The van der Waals surface area contributed by atoms with E-state index in [4.69, 9.17) is 0 Å². The number of hydrogen-bond donors (Lipinski definition) is 0. The molecule has 0 aliphatic heterocycles. The summed E-state index contributed by atoms with van der Waals surface area (Å²) in [5.74, 6) is 0. The molecule has 0 saturated heterocycles. The quantitative estimate of drug-likeness (QED) is 0.665. The van der Waals surface area contributed by atoms with Crippen molar-refractivity contribution in [1.82, 2.24) is 0 Å². The first kappa shape index (κ1) is 9.94. The zero-order valence-corrected chi connectivity index (χ0v) is 8.52. The molecular weight excluding hydrogens is 184 g/mol. The topological polar surface area (TPSA) is 19.9 Å². The van der Waals surface area contributed by atoms with Crippen LogP contribution in [0.5, 0.6) is 0 Å². The van der Waals surface area contributed by atoms with Gasteiger partial charge in [-0.15, -0.1) is 6.58 Å². The third kappa shape index (κ3) is 1.92. The van der Waals surface area contributed by atoms with E-state index >= 15 is 0 Å². The fourth-order valence-corrected chi connectivity index (χ4v) is 1.81. The Morgan fingerprint density at radius 2 is 1.87 bits per heavy atom. The average molecular weight is 197 g/mol. The molecule has 0 aliphatic carbocycles. The van der Waals surface area contributed by atoms with E-state index in [1.165, 1.54) is 0 Å². The summed E-state index contributed by atoms with van der Waals surface area (Å²) in [5, 5.41) is 14.1.